The minimum absolute atomic E-state index is 0.712. The maximum absolute atomic E-state index is 4.64. The lowest BCUT2D eigenvalue weighted by Crippen LogP contribution is -2.08. The van der Waals surface area contributed by atoms with Crippen LogP contribution in [0.15, 0.2) is 4.47 Å². The molecule has 0 atom stereocenters. The molecule has 3 nitrogen and oxygen atoms in total. The third kappa shape index (κ3) is 5.69. The zero-order valence-corrected chi connectivity index (χ0v) is 14.7. The number of hydrogen-bond donors (Lipinski definition) is 1. The molecule has 0 amide bonds. The molecule has 0 unspecified atom stereocenters. The zero-order chi connectivity index (χ0) is 14.3. The fourth-order valence-corrected chi connectivity index (χ4v) is 3.09. The lowest BCUT2D eigenvalue weighted by molar-refractivity contribution is 0.749. The van der Waals surface area contributed by atoms with E-state index < -0.39 is 0 Å². The molecule has 0 aliphatic rings. The van der Waals surface area contributed by atoms with Crippen LogP contribution in [-0.4, -0.2) is 22.3 Å². The summed E-state index contributed by atoms with van der Waals surface area (Å²) < 4.78 is 1.01. The Hall–Kier alpha value is -0.290. The summed E-state index contributed by atoms with van der Waals surface area (Å²) in [7, 11) is 0. The number of nitrogens with zero attached hydrogens (tertiary/aromatic N) is 2. The van der Waals surface area contributed by atoms with Gasteiger partial charge in [0, 0.05) is 6.54 Å². The number of nitrogens with one attached hydrogen (secondary N) is 1. The molecule has 0 radical (unpaired) electrons. The van der Waals surface area contributed by atoms with Crippen LogP contribution < -0.4 is 5.32 Å². The Labute approximate surface area is 129 Å². The van der Waals surface area contributed by atoms with Crippen molar-refractivity contribution in [3.05, 3.63) is 16.0 Å². The van der Waals surface area contributed by atoms with Crippen molar-refractivity contribution in [2.75, 3.05) is 17.6 Å². The molecule has 0 bridgehead atoms. The first-order valence-corrected chi connectivity index (χ1v) is 8.90. The number of aryl methyl sites for hydroxylation is 1. The monoisotopic (exact) mass is 345 g/mol. The highest BCUT2D eigenvalue weighted by atomic mass is 79.9. The molecule has 0 aliphatic carbocycles. The third-order valence-corrected chi connectivity index (χ3v) is 4.72. The van der Waals surface area contributed by atoms with Gasteiger partial charge in [0.1, 0.15) is 11.6 Å². The zero-order valence-electron chi connectivity index (χ0n) is 12.3. The standard InChI is InChI=1S/C14H24BrN3S/c1-5-7-16-14-13(15)11(6-2)17-12(18-14)9-19-8-10(3)4/h10H,5-9H2,1-4H3,(H,16,17,18). The number of aromatic nitrogens is 2. The second kappa shape index (κ2) is 8.80. The molecule has 1 rings (SSSR count). The molecule has 108 valence electrons. The van der Waals surface area contributed by atoms with Crippen molar-refractivity contribution in [2.45, 2.75) is 46.3 Å². The van der Waals surface area contributed by atoms with Crippen LogP contribution in [0.1, 0.15) is 45.6 Å². The molecular weight excluding hydrogens is 322 g/mol. The van der Waals surface area contributed by atoms with E-state index in [0.29, 0.717) is 5.92 Å². The summed E-state index contributed by atoms with van der Waals surface area (Å²) in [6.07, 6.45) is 2.01. The predicted octanol–water partition coefficient (Wildman–Crippen LogP) is 4.51. The predicted molar refractivity (Wildman–Crippen MR) is 88.9 cm³/mol. The van der Waals surface area contributed by atoms with Gasteiger partial charge >= 0.3 is 0 Å². The molecule has 0 aliphatic heterocycles. The second-order valence-corrected chi connectivity index (χ2v) is 6.76. The highest BCUT2D eigenvalue weighted by molar-refractivity contribution is 9.10. The quantitative estimate of drug-likeness (QED) is 0.751. The van der Waals surface area contributed by atoms with Gasteiger partial charge in [-0.05, 0) is 40.4 Å². The van der Waals surface area contributed by atoms with Crippen LogP contribution in [0.2, 0.25) is 0 Å². The summed E-state index contributed by atoms with van der Waals surface area (Å²) in [6, 6.07) is 0. The van der Waals surface area contributed by atoms with Crippen molar-refractivity contribution in [1.29, 1.82) is 0 Å². The summed E-state index contributed by atoms with van der Waals surface area (Å²) in [5, 5.41) is 3.37. The third-order valence-electron chi connectivity index (χ3n) is 2.53. The van der Waals surface area contributed by atoms with Crippen molar-refractivity contribution in [2.24, 2.45) is 5.92 Å². The lowest BCUT2D eigenvalue weighted by atomic mass is 10.3. The maximum Gasteiger partial charge on any atom is 0.144 e. The van der Waals surface area contributed by atoms with E-state index in [1.54, 1.807) is 0 Å². The highest BCUT2D eigenvalue weighted by Crippen LogP contribution is 2.25. The van der Waals surface area contributed by atoms with Crippen molar-refractivity contribution < 1.29 is 0 Å². The van der Waals surface area contributed by atoms with E-state index in [0.717, 1.165) is 52.7 Å². The van der Waals surface area contributed by atoms with Crippen LogP contribution in [0.4, 0.5) is 5.82 Å². The van der Waals surface area contributed by atoms with Crippen LogP contribution in [0.3, 0.4) is 0 Å². The largest absolute Gasteiger partial charge is 0.369 e. The molecule has 0 saturated heterocycles. The average molecular weight is 346 g/mol. The Morgan fingerprint density at radius 2 is 2.00 bits per heavy atom. The van der Waals surface area contributed by atoms with Gasteiger partial charge in [-0.2, -0.15) is 11.8 Å². The molecule has 0 fully saturated rings. The maximum atomic E-state index is 4.64. The minimum atomic E-state index is 0.712. The number of rotatable bonds is 8. The van der Waals surface area contributed by atoms with Gasteiger partial charge < -0.3 is 5.32 Å². The van der Waals surface area contributed by atoms with Crippen LogP contribution in [0.25, 0.3) is 0 Å². The lowest BCUT2D eigenvalue weighted by Gasteiger charge is -2.12. The summed E-state index contributed by atoms with van der Waals surface area (Å²) in [5.41, 5.74) is 1.09. The van der Waals surface area contributed by atoms with E-state index >= 15 is 0 Å². The summed E-state index contributed by atoms with van der Waals surface area (Å²) in [4.78, 5) is 9.26. The van der Waals surface area contributed by atoms with Crippen molar-refractivity contribution in [3.8, 4) is 0 Å². The van der Waals surface area contributed by atoms with E-state index in [1.165, 1.54) is 0 Å². The van der Waals surface area contributed by atoms with Gasteiger partial charge in [-0.25, -0.2) is 9.97 Å². The molecule has 0 saturated carbocycles. The smallest absolute Gasteiger partial charge is 0.144 e. The van der Waals surface area contributed by atoms with Crippen LogP contribution >= 0.6 is 27.7 Å². The Morgan fingerprint density at radius 1 is 1.26 bits per heavy atom. The van der Waals surface area contributed by atoms with Crippen molar-refractivity contribution >= 4 is 33.5 Å². The Bertz CT molecular complexity index is 397. The normalized spacial score (nSPS) is 11.1. The SMILES string of the molecule is CCCNc1nc(CSCC(C)C)nc(CC)c1Br. The van der Waals surface area contributed by atoms with E-state index in [4.69, 9.17) is 0 Å². The van der Waals surface area contributed by atoms with Gasteiger partial charge in [-0.3, -0.25) is 0 Å². The van der Waals surface area contributed by atoms with Gasteiger partial charge in [0.05, 0.1) is 15.9 Å². The van der Waals surface area contributed by atoms with Crippen molar-refractivity contribution in [3.63, 3.8) is 0 Å². The number of anilines is 1. The van der Waals surface area contributed by atoms with E-state index in [-0.39, 0.29) is 0 Å². The van der Waals surface area contributed by atoms with Crippen molar-refractivity contribution in [1.82, 2.24) is 9.97 Å². The molecule has 19 heavy (non-hydrogen) atoms. The van der Waals surface area contributed by atoms with E-state index in [9.17, 15) is 0 Å². The van der Waals surface area contributed by atoms with Gasteiger partial charge in [-0.1, -0.05) is 27.7 Å². The van der Waals surface area contributed by atoms with Crippen LogP contribution in [0, 0.1) is 5.92 Å². The molecule has 0 spiro atoms. The highest BCUT2D eigenvalue weighted by Gasteiger charge is 2.11. The molecule has 1 aromatic heterocycles. The second-order valence-electron chi connectivity index (χ2n) is 4.94. The first-order valence-electron chi connectivity index (χ1n) is 6.95. The Kier molecular flexibility index (Phi) is 7.76. The number of thioether (sulfide) groups is 1. The van der Waals surface area contributed by atoms with Crippen LogP contribution in [0.5, 0.6) is 0 Å². The molecule has 1 N–H and O–H groups in total. The summed E-state index contributed by atoms with van der Waals surface area (Å²) >= 11 is 5.51. The fraction of sp³-hybridized carbons (Fsp3) is 0.714. The van der Waals surface area contributed by atoms with E-state index in [1.807, 2.05) is 11.8 Å². The topological polar surface area (TPSA) is 37.8 Å². The summed E-state index contributed by atoms with van der Waals surface area (Å²) in [5.74, 6) is 4.62. The first-order chi connectivity index (χ1) is 9.08. The Morgan fingerprint density at radius 3 is 2.58 bits per heavy atom. The van der Waals surface area contributed by atoms with E-state index in [2.05, 4.69) is 58.9 Å². The average Bonchev–Trinajstić information content (AvgIpc) is 2.38. The molecule has 5 heteroatoms. The Balaban J connectivity index is 2.80. The first kappa shape index (κ1) is 16.8. The van der Waals surface area contributed by atoms with Gasteiger partial charge in [0.2, 0.25) is 0 Å². The molecule has 1 heterocycles. The summed E-state index contributed by atoms with van der Waals surface area (Å²) in [6.45, 7) is 9.70. The van der Waals surface area contributed by atoms with Gasteiger partial charge in [-0.15, -0.1) is 0 Å². The molecule has 0 aromatic carbocycles. The minimum Gasteiger partial charge on any atom is -0.369 e. The molecular formula is C14H24BrN3S. The number of hydrogen-bond acceptors (Lipinski definition) is 4. The fourth-order valence-electron chi connectivity index (χ4n) is 1.59. The van der Waals surface area contributed by atoms with Crippen LogP contribution in [-0.2, 0) is 12.2 Å². The molecule has 1 aromatic rings. The van der Waals surface area contributed by atoms with Gasteiger partial charge in [0.15, 0.2) is 0 Å². The number of halogens is 1. The van der Waals surface area contributed by atoms with Gasteiger partial charge in [0.25, 0.3) is 0 Å².